The molecule has 1 aromatic rings. The van der Waals surface area contributed by atoms with Gasteiger partial charge >= 0.3 is 0 Å². The summed E-state index contributed by atoms with van der Waals surface area (Å²) >= 11 is 1.98. The first-order valence-electron chi connectivity index (χ1n) is 4.88. The van der Waals surface area contributed by atoms with E-state index in [1.165, 1.54) is 18.0 Å². The van der Waals surface area contributed by atoms with E-state index in [0.717, 1.165) is 5.92 Å². The van der Waals surface area contributed by atoms with E-state index >= 15 is 0 Å². The minimum absolute atomic E-state index is 0.320. The second kappa shape index (κ2) is 3.10. The van der Waals surface area contributed by atoms with Crippen molar-refractivity contribution in [1.29, 1.82) is 0 Å². The van der Waals surface area contributed by atoms with Crippen LogP contribution in [0.2, 0.25) is 0 Å². The second-order valence-corrected chi connectivity index (χ2v) is 5.92. The first kappa shape index (κ1) is 9.22. The Labute approximate surface area is 84.2 Å². The van der Waals surface area contributed by atoms with Crippen LogP contribution in [0.4, 0.5) is 0 Å². The van der Waals surface area contributed by atoms with Crippen LogP contribution in [0.5, 0.6) is 0 Å². The van der Waals surface area contributed by atoms with Crippen molar-refractivity contribution in [3.63, 3.8) is 0 Å². The smallest absolute Gasteiger partial charge is 0.0183 e. The van der Waals surface area contributed by atoms with Gasteiger partial charge in [-0.2, -0.15) is 0 Å². The number of hydrogen-bond donors (Lipinski definition) is 1. The van der Waals surface area contributed by atoms with Gasteiger partial charge in [0.05, 0.1) is 0 Å². The molecule has 0 bridgehead atoms. The van der Waals surface area contributed by atoms with Gasteiger partial charge in [-0.3, -0.25) is 0 Å². The Morgan fingerprint density at radius 1 is 1.31 bits per heavy atom. The van der Waals surface area contributed by atoms with Crippen LogP contribution < -0.4 is 5.32 Å². The van der Waals surface area contributed by atoms with E-state index in [1.807, 2.05) is 11.3 Å². The average Bonchev–Trinajstić information content (AvgIpc) is 2.29. The Bertz CT molecular complexity index is 291. The van der Waals surface area contributed by atoms with Gasteiger partial charge in [-0.15, -0.1) is 11.3 Å². The monoisotopic (exact) mass is 195 g/mol. The maximum atomic E-state index is 3.31. The largest absolute Gasteiger partial charge is 0.315 e. The minimum atomic E-state index is 0.320. The fraction of sp³-hybridized carbons (Fsp3) is 0.636. The quantitative estimate of drug-likeness (QED) is 0.726. The molecule has 1 fully saturated rings. The van der Waals surface area contributed by atoms with Gasteiger partial charge in [0, 0.05) is 28.8 Å². The lowest BCUT2D eigenvalue weighted by Crippen LogP contribution is -2.39. The molecule has 1 nitrogen and oxygen atoms in total. The molecule has 0 saturated carbocycles. The van der Waals surface area contributed by atoms with Crippen LogP contribution in [-0.4, -0.2) is 13.1 Å². The van der Waals surface area contributed by atoms with Gasteiger partial charge in [-0.25, -0.2) is 0 Å². The molecule has 0 unspecified atom stereocenters. The van der Waals surface area contributed by atoms with Crippen LogP contribution in [0, 0.1) is 0 Å². The maximum absolute atomic E-state index is 3.31. The van der Waals surface area contributed by atoms with Crippen LogP contribution in [0.3, 0.4) is 0 Å². The van der Waals surface area contributed by atoms with Gasteiger partial charge in [-0.05, 0) is 17.5 Å². The molecule has 0 aromatic carbocycles. The lowest BCUT2D eigenvalue weighted by molar-refractivity contribution is 0.454. The zero-order valence-corrected chi connectivity index (χ0v) is 9.37. The highest BCUT2D eigenvalue weighted by Gasteiger charge is 2.23. The summed E-state index contributed by atoms with van der Waals surface area (Å²) < 4.78 is 0. The summed E-state index contributed by atoms with van der Waals surface area (Å²) in [7, 11) is 0. The fourth-order valence-corrected chi connectivity index (χ4v) is 2.63. The molecular formula is C11H17NS. The predicted octanol–water partition coefficient (Wildman–Crippen LogP) is 2.73. The summed E-state index contributed by atoms with van der Waals surface area (Å²) in [6.45, 7) is 9.18. The summed E-state index contributed by atoms with van der Waals surface area (Å²) in [4.78, 5) is 3.07. The number of nitrogens with one attached hydrogen (secondary N) is 1. The molecule has 1 aliphatic heterocycles. The molecule has 0 aliphatic carbocycles. The number of hydrogen-bond acceptors (Lipinski definition) is 2. The lowest BCUT2D eigenvalue weighted by Gasteiger charge is -2.26. The number of thiophene rings is 1. The Balaban J connectivity index is 2.17. The van der Waals surface area contributed by atoms with Gasteiger partial charge in [0.15, 0.2) is 0 Å². The Hall–Kier alpha value is -0.340. The van der Waals surface area contributed by atoms with Gasteiger partial charge in [-0.1, -0.05) is 20.8 Å². The van der Waals surface area contributed by atoms with E-state index < -0.39 is 0 Å². The van der Waals surface area contributed by atoms with Crippen molar-refractivity contribution in [2.75, 3.05) is 13.1 Å². The third kappa shape index (κ3) is 1.79. The standard InChI is InChI=1S/C11H17NS/c1-11(2,3)10-5-4-9(13-10)8-6-12-7-8/h4-5,8,12H,6-7H2,1-3H3. The van der Waals surface area contributed by atoms with Gasteiger partial charge in [0.2, 0.25) is 0 Å². The van der Waals surface area contributed by atoms with E-state index in [2.05, 4.69) is 38.2 Å². The highest BCUT2D eigenvalue weighted by atomic mass is 32.1. The molecule has 2 heteroatoms. The van der Waals surface area contributed by atoms with Crippen molar-refractivity contribution in [2.45, 2.75) is 32.1 Å². The van der Waals surface area contributed by atoms with E-state index in [4.69, 9.17) is 0 Å². The molecule has 13 heavy (non-hydrogen) atoms. The zero-order valence-electron chi connectivity index (χ0n) is 8.55. The SMILES string of the molecule is CC(C)(C)c1ccc(C2CNC2)s1. The third-order valence-electron chi connectivity index (χ3n) is 2.55. The molecule has 0 amide bonds. The van der Waals surface area contributed by atoms with E-state index in [-0.39, 0.29) is 0 Å². The van der Waals surface area contributed by atoms with E-state index in [0.29, 0.717) is 5.41 Å². The molecule has 0 radical (unpaired) electrons. The minimum Gasteiger partial charge on any atom is -0.315 e. The normalized spacial score (nSPS) is 18.7. The molecule has 1 aliphatic rings. The highest BCUT2D eigenvalue weighted by Crippen LogP contribution is 2.34. The third-order valence-corrected chi connectivity index (χ3v) is 4.22. The highest BCUT2D eigenvalue weighted by molar-refractivity contribution is 7.12. The average molecular weight is 195 g/mol. The summed E-state index contributed by atoms with van der Waals surface area (Å²) in [5.74, 6) is 0.793. The molecule has 1 N–H and O–H groups in total. The van der Waals surface area contributed by atoms with Crippen molar-refractivity contribution in [3.8, 4) is 0 Å². The van der Waals surface area contributed by atoms with Crippen LogP contribution in [0.1, 0.15) is 36.4 Å². The van der Waals surface area contributed by atoms with Gasteiger partial charge in [0.1, 0.15) is 0 Å². The number of rotatable bonds is 1. The van der Waals surface area contributed by atoms with Crippen LogP contribution >= 0.6 is 11.3 Å². The zero-order chi connectivity index (χ0) is 9.47. The predicted molar refractivity (Wildman–Crippen MR) is 58.6 cm³/mol. The molecule has 72 valence electrons. The first-order valence-corrected chi connectivity index (χ1v) is 5.70. The van der Waals surface area contributed by atoms with Crippen molar-refractivity contribution >= 4 is 11.3 Å². The maximum Gasteiger partial charge on any atom is 0.0183 e. The molecule has 1 saturated heterocycles. The van der Waals surface area contributed by atoms with E-state index in [9.17, 15) is 0 Å². The lowest BCUT2D eigenvalue weighted by atomic mass is 9.94. The molecule has 1 aromatic heterocycles. The summed E-state index contributed by atoms with van der Waals surface area (Å²) in [6.07, 6.45) is 0. The summed E-state index contributed by atoms with van der Waals surface area (Å²) in [5.41, 5.74) is 0.320. The second-order valence-electron chi connectivity index (χ2n) is 4.81. The molecule has 2 heterocycles. The van der Waals surface area contributed by atoms with Crippen molar-refractivity contribution in [3.05, 3.63) is 21.9 Å². The van der Waals surface area contributed by atoms with Crippen molar-refractivity contribution in [2.24, 2.45) is 0 Å². The van der Waals surface area contributed by atoms with E-state index in [1.54, 1.807) is 4.88 Å². The summed E-state index contributed by atoms with van der Waals surface area (Å²) in [5, 5.41) is 3.31. The molecule has 2 rings (SSSR count). The van der Waals surface area contributed by atoms with Crippen molar-refractivity contribution in [1.82, 2.24) is 5.32 Å². The van der Waals surface area contributed by atoms with Gasteiger partial charge in [0.25, 0.3) is 0 Å². The summed E-state index contributed by atoms with van der Waals surface area (Å²) in [6, 6.07) is 4.59. The Morgan fingerprint density at radius 3 is 2.38 bits per heavy atom. The van der Waals surface area contributed by atoms with Crippen LogP contribution in [0.25, 0.3) is 0 Å². The molecule has 0 spiro atoms. The van der Waals surface area contributed by atoms with Crippen LogP contribution in [0.15, 0.2) is 12.1 Å². The molecule has 0 atom stereocenters. The van der Waals surface area contributed by atoms with Crippen LogP contribution in [-0.2, 0) is 5.41 Å². The Morgan fingerprint density at radius 2 is 2.00 bits per heavy atom. The van der Waals surface area contributed by atoms with Crippen molar-refractivity contribution < 1.29 is 0 Å². The fourth-order valence-electron chi connectivity index (χ4n) is 1.47. The molecular weight excluding hydrogens is 178 g/mol. The van der Waals surface area contributed by atoms with Gasteiger partial charge < -0.3 is 5.32 Å². The topological polar surface area (TPSA) is 12.0 Å². The first-order chi connectivity index (χ1) is 6.07. The Kier molecular flexibility index (Phi) is 2.20.